The van der Waals surface area contributed by atoms with Gasteiger partial charge in [-0.25, -0.2) is 8.42 Å². The SMILES string of the molecule is O=S(=O)(c1ccccc1)C1CNCCN1c1ccc2occc2c1. The molecule has 1 N–H and O–H groups in total. The minimum absolute atomic E-state index is 0.355. The van der Waals surface area contributed by atoms with E-state index in [2.05, 4.69) is 5.32 Å². The third-order valence-corrected chi connectivity index (χ3v) is 6.46. The summed E-state index contributed by atoms with van der Waals surface area (Å²) in [6.07, 6.45) is 1.64. The smallest absolute Gasteiger partial charge is 0.200 e. The molecule has 6 heteroatoms. The van der Waals surface area contributed by atoms with E-state index in [0.717, 1.165) is 23.2 Å². The highest BCUT2D eigenvalue weighted by Crippen LogP contribution is 2.28. The highest BCUT2D eigenvalue weighted by Gasteiger charge is 2.35. The number of sulfone groups is 1. The molecule has 1 aliphatic rings. The first-order chi connectivity index (χ1) is 11.7. The van der Waals surface area contributed by atoms with Crippen molar-refractivity contribution in [3.05, 3.63) is 60.9 Å². The lowest BCUT2D eigenvalue weighted by Crippen LogP contribution is -2.55. The molecule has 2 aromatic carbocycles. The quantitative estimate of drug-likeness (QED) is 0.793. The minimum atomic E-state index is -3.46. The summed E-state index contributed by atoms with van der Waals surface area (Å²) >= 11 is 0. The van der Waals surface area contributed by atoms with Crippen molar-refractivity contribution in [1.82, 2.24) is 5.32 Å². The van der Waals surface area contributed by atoms with Crippen LogP contribution in [0.4, 0.5) is 5.69 Å². The normalized spacial score (nSPS) is 18.8. The topological polar surface area (TPSA) is 62.6 Å². The van der Waals surface area contributed by atoms with E-state index < -0.39 is 15.2 Å². The predicted octanol–water partition coefficient (Wildman–Crippen LogP) is 2.64. The van der Waals surface area contributed by atoms with Gasteiger partial charge in [0, 0.05) is 30.7 Å². The second kappa shape index (κ2) is 5.96. The third kappa shape index (κ3) is 2.57. The molecule has 0 aliphatic carbocycles. The molecular formula is C18H18N2O3S. The summed E-state index contributed by atoms with van der Waals surface area (Å²) in [7, 11) is -3.46. The number of fused-ring (bicyclic) bond motifs is 1. The van der Waals surface area contributed by atoms with Crippen LogP contribution in [0.1, 0.15) is 0 Å². The third-order valence-electron chi connectivity index (χ3n) is 4.39. The first kappa shape index (κ1) is 15.2. The van der Waals surface area contributed by atoms with Crippen molar-refractivity contribution >= 4 is 26.5 Å². The van der Waals surface area contributed by atoms with Crippen molar-refractivity contribution in [2.75, 3.05) is 24.5 Å². The number of nitrogens with one attached hydrogen (secondary N) is 1. The van der Waals surface area contributed by atoms with E-state index in [9.17, 15) is 8.42 Å². The maximum Gasteiger partial charge on any atom is 0.200 e. The molecule has 1 unspecified atom stereocenters. The van der Waals surface area contributed by atoms with E-state index in [1.165, 1.54) is 0 Å². The van der Waals surface area contributed by atoms with Gasteiger partial charge in [0.2, 0.25) is 9.84 Å². The fourth-order valence-corrected chi connectivity index (χ4v) is 4.90. The lowest BCUT2D eigenvalue weighted by Gasteiger charge is -2.37. The minimum Gasteiger partial charge on any atom is -0.464 e. The molecule has 1 fully saturated rings. The van der Waals surface area contributed by atoms with Crippen LogP contribution >= 0.6 is 0 Å². The van der Waals surface area contributed by atoms with Crippen molar-refractivity contribution in [1.29, 1.82) is 0 Å². The number of furan rings is 1. The zero-order chi connectivity index (χ0) is 16.6. The molecule has 1 atom stereocenters. The molecule has 3 aromatic rings. The Balaban J connectivity index is 1.75. The van der Waals surface area contributed by atoms with Crippen LogP contribution in [0.15, 0.2) is 70.2 Å². The Labute approximate surface area is 140 Å². The molecule has 0 amide bonds. The Morgan fingerprint density at radius 2 is 1.92 bits per heavy atom. The first-order valence-corrected chi connectivity index (χ1v) is 9.44. The van der Waals surface area contributed by atoms with Gasteiger partial charge in [-0.15, -0.1) is 0 Å². The fourth-order valence-electron chi connectivity index (χ4n) is 3.15. The molecule has 1 aromatic heterocycles. The summed E-state index contributed by atoms with van der Waals surface area (Å²) < 4.78 is 31.5. The van der Waals surface area contributed by atoms with Crippen molar-refractivity contribution in [3.63, 3.8) is 0 Å². The summed E-state index contributed by atoms with van der Waals surface area (Å²) in [5.74, 6) is 0. The molecule has 0 bridgehead atoms. The standard InChI is InChI=1S/C18H18N2O3S/c21-24(22,16-4-2-1-3-5-16)18-13-19-9-10-20(18)15-6-7-17-14(12-15)8-11-23-17/h1-8,11-12,18-19H,9-10,13H2. The summed E-state index contributed by atoms with van der Waals surface area (Å²) in [5, 5.41) is 3.55. The number of benzene rings is 2. The van der Waals surface area contributed by atoms with Crippen LogP contribution in [0.25, 0.3) is 11.0 Å². The number of hydrogen-bond acceptors (Lipinski definition) is 5. The molecule has 4 rings (SSSR count). The molecule has 0 radical (unpaired) electrons. The Kier molecular flexibility index (Phi) is 3.78. The van der Waals surface area contributed by atoms with E-state index in [1.807, 2.05) is 35.2 Å². The second-order valence-corrected chi connectivity index (χ2v) is 7.96. The van der Waals surface area contributed by atoms with Crippen molar-refractivity contribution in [3.8, 4) is 0 Å². The summed E-state index contributed by atoms with van der Waals surface area (Å²) in [6, 6.07) is 16.3. The van der Waals surface area contributed by atoms with Gasteiger partial charge in [0.25, 0.3) is 0 Å². The lowest BCUT2D eigenvalue weighted by molar-refractivity contribution is 0.518. The van der Waals surface area contributed by atoms with Gasteiger partial charge < -0.3 is 14.6 Å². The van der Waals surface area contributed by atoms with E-state index in [1.54, 1.807) is 30.5 Å². The number of piperazine rings is 1. The van der Waals surface area contributed by atoms with Gasteiger partial charge in [0.15, 0.2) is 0 Å². The Morgan fingerprint density at radius 3 is 2.75 bits per heavy atom. The van der Waals surface area contributed by atoms with Crippen LogP contribution in [0.3, 0.4) is 0 Å². The van der Waals surface area contributed by atoms with Crippen LogP contribution in [0, 0.1) is 0 Å². The van der Waals surface area contributed by atoms with Crippen LogP contribution in [0.2, 0.25) is 0 Å². The van der Waals surface area contributed by atoms with Crippen LogP contribution in [-0.2, 0) is 9.84 Å². The average molecular weight is 342 g/mol. The van der Waals surface area contributed by atoms with E-state index in [0.29, 0.717) is 18.0 Å². The van der Waals surface area contributed by atoms with Crippen molar-refractivity contribution < 1.29 is 12.8 Å². The zero-order valence-electron chi connectivity index (χ0n) is 13.1. The van der Waals surface area contributed by atoms with Gasteiger partial charge in [-0.05, 0) is 36.4 Å². The number of rotatable bonds is 3. The molecule has 1 saturated heterocycles. The molecule has 24 heavy (non-hydrogen) atoms. The molecule has 0 spiro atoms. The van der Waals surface area contributed by atoms with Gasteiger partial charge in [0.1, 0.15) is 11.0 Å². The van der Waals surface area contributed by atoms with E-state index >= 15 is 0 Å². The highest BCUT2D eigenvalue weighted by atomic mass is 32.2. The van der Waals surface area contributed by atoms with Crippen LogP contribution < -0.4 is 10.2 Å². The lowest BCUT2D eigenvalue weighted by atomic mass is 10.2. The largest absolute Gasteiger partial charge is 0.464 e. The highest BCUT2D eigenvalue weighted by molar-refractivity contribution is 7.92. The molecule has 124 valence electrons. The van der Waals surface area contributed by atoms with Gasteiger partial charge in [0.05, 0.1) is 11.2 Å². The Bertz CT molecular complexity index is 951. The van der Waals surface area contributed by atoms with Crippen molar-refractivity contribution in [2.45, 2.75) is 10.3 Å². The maximum absolute atomic E-state index is 13.1. The summed E-state index contributed by atoms with van der Waals surface area (Å²) in [4.78, 5) is 2.32. The molecule has 1 aliphatic heterocycles. The second-order valence-electron chi connectivity index (χ2n) is 5.85. The predicted molar refractivity (Wildman–Crippen MR) is 93.8 cm³/mol. The molecular weight excluding hydrogens is 324 g/mol. The summed E-state index contributed by atoms with van der Waals surface area (Å²) in [5.41, 5.74) is 1.70. The van der Waals surface area contributed by atoms with E-state index in [4.69, 9.17) is 4.42 Å². The number of hydrogen-bond donors (Lipinski definition) is 1. The van der Waals surface area contributed by atoms with Crippen LogP contribution in [-0.4, -0.2) is 33.4 Å². The molecule has 2 heterocycles. The van der Waals surface area contributed by atoms with Gasteiger partial charge >= 0.3 is 0 Å². The van der Waals surface area contributed by atoms with E-state index in [-0.39, 0.29) is 0 Å². The Morgan fingerprint density at radius 1 is 1.08 bits per heavy atom. The molecule has 0 saturated carbocycles. The Hall–Kier alpha value is -2.31. The maximum atomic E-state index is 13.1. The van der Waals surface area contributed by atoms with Gasteiger partial charge in [-0.2, -0.15) is 0 Å². The number of nitrogens with zero attached hydrogens (tertiary/aromatic N) is 1. The first-order valence-electron chi connectivity index (χ1n) is 7.90. The monoisotopic (exact) mass is 342 g/mol. The fraction of sp³-hybridized carbons (Fsp3) is 0.222. The van der Waals surface area contributed by atoms with Gasteiger partial charge in [-0.3, -0.25) is 0 Å². The average Bonchev–Trinajstić information content (AvgIpc) is 3.10. The number of anilines is 1. The van der Waals surface area contributed by atoms with Crippen molar-refractivity contribution in [2.24, 2.45) is 0 Å². The summed E-state index contributed by atoms with van der Waals surface area (Å²) in [6.45, 7) is 1.80. The van der Waals surface area contributed by atoms with Gasteiger partial charge in [-0.1, -0.05) is 18.2 Å². The zero-order valence-corrected chi connectivity index (χ0v) is 13.9. The molecule has 5 nitrogen and oxygen atoms in total. The van der Waals surface area contributed by atoms with Crippen LogP contribution in [0.5, 0.6) is 0 Å².